The topological polar surface area (TPSA) is 143 Å². The van der Waals surface area contributed by atoms with E-state index in [-0.39, 0.29) is 22.3 Å². The second kappa shape index (κ2) is 8.13. The van der Waals surface area contributed by atoms with E-state index in [2.05, 4.69) is 10.2 Å². The van der Waals surface area contributed by atoms with E-state index in [4.69, 9.17) is 9.56 Å². The van der Waals surface area contributed by atoms with Crippen molar-refractivity contribution in [2.45, 2.75) is 30.8 Å². The average molecular weight is 455 g/mol. The van der Waals surface area contributed by atoms with Crippen molar-refractivity contribution in [1.82, 2.24) is 0 Å². The zero-order valence-corrected chi connectivity index (χ0v) is 17.9. The Morgan fingerprint density at radius 3 is 2.56 bits per heavy atom. The van der Waals surface area contributed by atoms with Crippen LogP contribution in [0.4, 0.5) is 11.4 Å². The molecule has 4 N–H and O–H groups in total. The van der Waals surface area contributed by atoms with Gasteiger partial charge < -0.3 is 19.7 Å². The number of benzene rings is 2. The third kappa shape index (κ3) is 4.23. The predicted octanol–water partition coefficient (Wildman–Crippen LogP) is 2.83. The average Bonchev–Trinajstić information content (AvgIpc) is 3.32. The van der Waals surface area contributed by atoms with Crippen LogP contribution >= 0.6 is 0 Å². The van der Waals surface area contributed by atoms with Gasteiger partial charge in [0.15, 0.2) is 5.76 Å². The maximum atomic E-state index is 12.8. The van der Waals surface area contributed by atoms with Crippen molar-refractivity contribution in [3.8, 4) is 0 Å². The van der Waals surface area contributed by atoms with Crippen LogP contribution in [-0.2, 0) is 23.0 Å². The lowest BCUT2D eigenvalue weighted by Crippen LogP contribution is -2.29. The number of rotatable bonds is 6. The van der Waals surface area contributed by atoms with Crippen LogP contribution in [0.25, 0.3) is 0 Å². The Bertz CT molecular complexity index is 1300. The van der Waals surface area contributed by atoms with E-state index < -0.39 is 21.9 Å². The monoisotopic (exact) mass is 455 g/mol. The Labute approximate surface area is 184 Å². The van der Waals surface area contributed by atoms with Crippen LogP contribution in [0.1, 0.15) is 39.0 Å². The fraction of sp³-hybridized carbons (Fsp3) is 0.182. The predicted molar refractivity (Wildman–Crippen MR) is 117 cm³/mol. The van der Waals surface area contributed by atoms with Gasteiger partial charge in [0.2, 0.25) is 10.0 Å². The van der Waals surface area contributed by atoms with Crippen LogP contribution in [0, 0.1) is 0 Å². The summed E-state index contributed by atoms with van der Waals surface area (Å²) < 4.78 is 28.2. The largest absolute Gasteiger partial charge is 0.478 e. The molecule has 1 unspecified atom stereocenters. The number of carboxylic acids is 1. The molecule has 2 heterocycles. The molecule has 1 amide bonds. The van der Waals surface area contributed by atoms with Gasteiger partial charge in [-0.05, 0) is 67.4 Å². The third-order valence-corrected chi connectivity index (χ3v) is 6.35. The summed E-state index contributed by atoms with van der Waals surface area (Å²) in [6.07, 6.45) is 2.13. The maximum absolute atomic E-state index is 12.8. The summed E-state index contributed by atoms with van der Waals surface area (Å²) >= 11 is 0. The molecule has 0 spiro atoms. The lowest BCUT2D eigenvalue weighted by Gasteiger charge is -2.24. The van der Waals surface area contributed by atoms with E-state index in [9.17, 15) is 23.1 Å². The van der Waals surface area contributed by atoms with E-state index in [0.717, 1.165) is 11.3 Å². The maximum Gasteiger partial charge on any atom is 0.335 e. The highest BCUT2D eigenvalue weighted by Crippen LogP contribution is 2.34. The fourth-order valence-electron chi connectivity index (χ4n) is 3.83. The summed E-state index contributed by atoms with van der Waals surface area (Å²) in [6.45, 7) is 2.44. The first-order chi connectivity index (χ1) is 15.1. The number of nitrogens with two attached hydrogens (primary N) is 1. The number of fused-ring (bicyclic) bond motifs is 1. The summed E-state index contributed by atoms with van der Waals surface area (Å²) in [5, 5.41) is 17.0. The van der Waals surface area contributed by atoms with E-state index in [1.165, 1.54) is 30.5 Å². The first-order valence-corrected chi connectivity index (χ1v) is 11.3. The quantitative estimate of drug-likeness (QED) is 0.518. The fourth-order valence-corrected chi connectivity index (χ4v) is 4.34. The highest BCUT2D eigenvalue weighted by atomic mass is 32.2. The number of sulfonamides is 1. The van der Waals surface area contributed by atoms with Gasteiger partial charge in [0.25, 0.3) is 5.91 Å². The number of nitrogens with zero attached hydrogens (tertiary/aromatic N) is 1. The van der Waals surface area contributed by atoms with Crippen molar-refractivity contribution >= 4 is 33.3 Å². The molecular formula is C22H21N3O6S. The summed E-state index contributed by atoms with van der Waals surface area (Å²) in [5.41, 5.74) is 3.18. The molecule has 9 nitrogen and oxygen atoms in total. The third-order valence-electron chi connectivity index (χ3n) is 5.42. The molecule has 0 fully saturated rings. The Morgan fingerprint density at radius 2 is 1.91 bits per heavy atom. The molecule has 1 aromatic heterocycles. The van der Waals surface area contributed by atoms with E-state index in [1.54, 1.807) is 24.3 Å². The number of carbonyl (C=O) groups excluding carboxylic acids is 1. The lowest BCUT2D eigenvalue weighted by molar-refractivity contribution is 0.0696. The molecule has 32 heavy (non-hydrogen) atoms. The van der Waals surface area contributed by atoms with E-state index >= 15 is 0 Å². The smallest absolute Gasteiger partial charge is 0.335 e. The molecule has 0 saturated heterocycles. The number of anilines is 2. The first kappa shape index (κ1) is 21.6. The van der Waals surface area contributed by atoms with Gasteiger partial charge in [0, 0.05) is 29.5 Å². The van der Waals surface area contributed by atoms with Crippen LogP contribution in [0.15, 0.2) is 64.1 Å². The number of carboxylic acid groups (broad SMARTS) is 1. The van der Waals surface area contributed by atoms with Crippen molar-refractivity contribution in [2.75, 3.05) is 10.2 Å². The van der Waals surface area contributed by atoms with Gasteiger partial charge in [0.05, 0.1) is 16.7 Å². The minimum Gasteiger partial charge on any atom is -0.478 e. The van der Waals surface area contributed by atoms with Crippen molar-refractivity contribution < 1.29 is 27.5 Å². The molecule has 2 aromatic carbocycles. The molecule has 1 aliphatic heterocycles. The number of hydrogen-bond donors (Lipinski definition) is 3. The molecule has 0 saturated carbocycles. The SMILES string of the molecule is CC1Cc2cc(C(=O)O)ccc2N1Cc1ccoc1C(=O)Nc1ccc(S(N)(=O)=O)cc1. The Hall–Kier alpha value is -3.63. The second-order valence-corrected chi connectivity index (χ2v) is 9.19. The Balaban J connectivity index is 1.52. The van der Waals surface area contributed by atoms with E-state index in [0.29, 0.717) is 24.2 Å². The van der Waals surface area contributed by atoms with Gasteiger partial charge in [0.1, 0.15) is 0 Å². The number of primary sulfonamides is 1. The normalized spacial score (nSPS) is 15.4. The lowest BCUT2D eigenvalue weighted by atomic mass is 10.1. The molecule has 1 atom stereocenters. The van der Waals surface area contributed by atoms with Gasteiger partial charge in [-0.15, -0.1) is 0 Å². The molecule has 4 rings (SSSR count). The van der Waals surface area contributed by atoms with Crippen LogP contribution in [0.5, 0.6) is 0 Å². The number of hydrogen-bond acceptors (Lipinski definition) is 6. The number of furan rings is 1. The Morgan fingerprint density at radius 1 is 1.19 bits per heavy atom. The second-order valence-electron chi connectivity index (χ2n) is 7.63. The first-order valence-electron chi connectivity index (χ1n) is 9.77. The van der Waals surface area contributed by atoms with Crippen LogP contribution in [0.2, 0.25) is 0 Å². The summed E-state index contributed by atoms with van der Waals surface area (Å²) in [7, 11) is -3.82. The minimum atomic E-state index is -3.82. The zero-order chi connectivity index (χ0) is 23.0. The van der Waals surface area contributed by atoms with Crippen LogP contribution in [0.3, 0.4) is 0 Å². The number of amides is 1. The molecule has 1 aliphatic rings. The molecule has 166 valence electrons. The summed E-state index contributed by atoms with van der Waals surface area (Å²) in [5.74, 6) is -1.30. The zero-order valence-electron chi connectivity index (χ0n) is 17.1. The van der Waals surface area contributed by atoms with Gasteiger partial charge in [-0.25, -0.2) is 18.4 Å². The van der Waals surface area contributed by atoms with Crippen LogP contribution < -0.4 is 15.4 Å². The molecule has 3 aromatic rings. The van der Waals surface area contributed by atoms with Crippen molar-refractivity contribution in [3.05, 3.63) is 77.2 Å². The molecular weight excluding hydrogens is 434 g/mol. The molecule has 10 heteroatoms. The van der Waals surface area contributed by atoms with Gasteiger partial charge in [-0.2, -0.15) is 0 Å². The number of carbonyl (C=O) groups is 2. The highest BCUT2D eigenvalue weighted by molar-refractivity contribution is 7.89. The van der Waals surface area contributed by atoms with Gasteiger partial charge >= 0.3 is 5.97 Å². The van der Waals surface area contributed by atoms with Gasteiger partial charge in [-0.1, -0.05) is 0 Å². The van der Waals surface area contributed by atoms with Gasteiger partial charge in [-0.3, -0.25) is 4.79 Å². The molecule has 0 bridgehead atoms. The standard InChI is InChI=1S/C22H21N3O6S/c1-13-10-16-11-14(22(27)28)2-7-19(16)25(13)12-15-8-9-31-20(15)21(26)24-17-3-5-18(6-4-17)32(23,29)30/h2-9,11,13H,10,12H2,1H3,(H,24,26)(H,27,28)(H2,23,29,30). The number of nitrogens with one attached hydrogen (secondary N) is 1. The highest BCUT2D eigenvalue weighted by Gasteiger charge is 2.29. The molecule has 0 radical (unpaired) electrons. The summed E-state index contributed by atoms with van der Waals surface area (Å²) in [6, 6.07) is 12.4. The van der Waals surface area contributed by atoms with Crippen LogP contribution in [-0.4, -0.2) is 31.4 Å². The number of aromatic carboxylic acids is 1. The molecule has 0 aliphatic carbocycles. The van der Waals surface area contributed by atoms with Crippen molar-refractivity contribution in [3.63, 3.8) is 0 Å². The minimum absolute atomic E-state index is 0.0538. The Kier molecular flexibility index (Phi) is 5.49. The summed E-state index contributed by atoms with van der Waals surface area (Å²) in [4.78, 5) is 26.1. The van der Waals surface area contributed by atoms with Crippen molar-refractivity contribution in [2.24, 2.45) is 5.14 Å². The van der Waals surface area contributed by atoms with E-state index in [1.807, 2.05) is 6.92 Å². The van der Waals surface area contributed by atoms with Crippen molar-refractivity contribution in [1.29, 1.82) is 0 Å².